The maximum absolute atomic E-state index is 6.08. The van der Waals surface area contributed by atoms with E-state index in [2.05, 4.69) is 5.16 Å². The van der Waals surface area contributed by atoms with E-state index >= 15 is 0 Å². The molecule has 1 fully saturated rings. The number of hydrogen-bond acceptors (Lipinski definition) is 4. The summed E-state index contributed by atoms with van der Waals surface area (Å²) in [4.78, 5) is 0. The van der Waals surface area contributed by atoms with E-state index in [1.54, 1.807) is 12.1 Å². The quantitative estimate of drug-likeness (QED) is 0.906. The lowest BCUT2D eigenvalue weighted by Crippen LogP contribution is -2.14. The first-order chi connectivity index (χ1) is 9.66. The van der Waals surface area contributed by atoms with Crippen LogP contribution in [0.2, 0.25) is 10.0 Å². The molecule has 20 heavy (non-hydrogen) atoms. The molecule has 0 aliphatic carbocycles. The minimum absolute atomic E-state index is 0.276. The van der Waals surface area contributed by atoms with Crippen LogP contribution >= 0.6 is 23.2 Å². The minimum Gasteiger partial charge on any atom is -0.381 e. The second-order valence-electron chi connectivity index (χ2n) is 4.82. The molecule has 6 heteroatoms. The predicted molar refractivity (Wildman–Crippen MR) is 79.2 cm³/mol. The summed E-state index contributed by atoms with van der Waals surface area (Å²) in [5, 5.41) is 4.91. The van der Waals surface area contributed by atoms with Gasteiger partial charge in [0.1, 0.15) is 5.76 Å². The summed E-state index contributed by atoms with van der Waals surface area (Å²) in [6.45, 7) is 1.46. The Morgan fingerprint density at radius 3 is 2.60 bits per heavy atom. The number of aromatic nitrogens is 1. The highest BCUT2D eigenvalue weighted by molar-refractivity contribution is 6.42. The van der Waals surface area contributed by atoms with Gasteiger partial charge in [-0.2, -0.15) is 0 Å². The second-order valence-corrected chi connectivity index (χ2v) is 5.64. The van der Waals surface area contributed by atoms with Crippen molar-refractivity contribution in [3.05, 3.63) is 34.0 Å². The zero-order chi connectivity index (χ0) is 14.1. The highest BCUT2D eigenvalue weighted by Crippen LogP contribution is 2.39. The van der Waals surface area contributed by atoms with Gasteiger partial charge in [-0.05, 0) is 30.5 Å². The Kier molecular flexibility index (Phi) is 3.87. The van der Waals surface area contributed by atoms with Gasteiger partial charge in [-0.25, -0.2) is 0 Å². The van der Waals surface area contributed by atoms with Crippen molar-refractivity contribution in [3.8, 4) is 11.1 Å². The largest absolute Gasteiger partial charge is 0.381 e. The zero-order valence-electron chi connectivity index (χ0n) is 10.7. The maximum atomic E-state index is 6.08. The Labute approximate surface area is 126 Å². The van der Waals surface area contributed by atoms with Crippen LogP contribution in [0, 0.1) is 0 Å². The fourth-order valence-electron chi connectivity index (χ4n) is 2.50. The Balaban J connectivity index is 2.03. The number of halogens is 2. The van der Waals surface area contributed by atoms with Gasteiger partial charge in [0, 0.05) is 19.1 Å². The standard InChI is InChI=1S/C14H14Cl2N2O2/c15-10-2-1-9(7-11(10)16)12-13(20-18-14(12)17)8-3-5-19-6-4-8/h1-2,7-8H,3-6H2,(H2,17,18). The molecule has 0 unspecified atom stereocenters. The molecule has 1 saturated heterocycles. The summed E-state index contributed by atoms with van der Waals surface area (Å²) in [7, 11) is 0. The lowest BCUT2D eigenvalue weighted by atomic mass is 9.92. The molecule has 2 aromatic rings. The Hall–Kier alpha value is -1.23. The van der Waals surface area contributed by atoms with E-state index in [1.807, 2.05) is 6.07 Å². The molecule has 0 saturated carbocycles. The van der Waals surface area contributed by atoms with E-state index in [0.29, 0.717) is 15.9 Å². The van der Waals surface area contributed by atoms with Crippen molar-refractivity contribution in [1.29, 1.82) is 0 Å². The first-order valence-electron chi connectivity index (χ1n) is 6.45. The van der Waals surface area contributed by atoms with Crippen molar-refractivity contribution in [2.24, 2.45) is 0 Å². The van der Waals surface area contributed by atoms with Crippen LogP contribution in [0.5, 0.6) is 0 Å². The molecule has 0 bridgehead atoms. The Morgan fingerprint density at radius 2 is 1.90 bits per heavy atom. The topological polar surface area (TPSA) is 61.3 Å². The van der Waals surface area contributed by atoms with Gasteiger partial charge < -0.3 is 15.0 Å². The van der Waals surface area contributed by atoms with Gasteiger partial charge in [0.15, 0.2) is 5.82 Å². The number of nitrogen functional groups attached to an aromatic ring is 1. The molecule has 4 nitrogen and oxygen atoms in total. The van der Waals surface area contributed by atoms with Gasteiger partial charge in [-0.1, -0.05) is 34.4 Å². The highest BCUT2D eigenvalue weighted by atomic mass is 35.5. The molecule has 2 N–H and O–H groups in total. The van der Waals surface area contributed by atoms with E-state index in [9.17, 15) is 0 Å². The molecule has 2 heterocycles. The van der Waals surface area contributed by atoms with E-state index in [4.69, 9.17) is 38.2 Å². The van der Waals surface area contributed by atoms with Gasteiger partial charge >= 0.3 is 0 Å². The number of ether oxygens (including phenoxy) is 1. The number of nitrogens with two attached hydrogens (primary N) is 1. The van der Waals surface area contributed by atoms with Crippen LogP contribution in [0.15, 0.2) is 22.7 Å². The summed E-state index contributed by atoms with van der Waals surface area (Å²) in [6, 6.07) is 5.41. The third kappa shape index (κ3) is 2.51. The van der Waals surface area contributed by atoms with Crippen molar-refractivity contribution in [3.63, 3.8) is 0 Å². The smallest absolute Gasteiger partial charge is 0.175 e. The summed E-state index contributed by atoms with van der Waals surface area (Å²) in [5.74, 6) is 1.46. The van der Waals surface area contributed by atoms with Crippen molar-refractivity contribution in [2.75, 3.05) is 18.9 Å². The molecule has 1 aliphatic rings. The third-order valence-corrected chi connectivity index (χ3v) is 4.28. The number of anilines is 1. The number of rotatable bonds is 2. The van der Waals surface area contributed by atoms with E-state index < -0.39 is 0 Å². The molecule has 3 rings (SSSR count). The maximum Gasteiger partial charge on any atom is 0.175 e. The monoisotopic (exact) mass is 312 g/mol. The van der Waals surface area contributed by atoms with Gasteiger partial charge in [-0.15, -0.1) is 0 Å². The van der Waals surface area contributed by atoms with Gasteiger partial charge in [0.25, 0.3) is 0 Å². The van der Waals surface area contributed by atoms with Gasteiger partial charge in [0.05, 0.1) is 15.6 Å². The third-order valence-electron chi connectivity index (χ3n) is 3.55. The van der Waals surface area contributed by atoms with Crippen LogP contribution in [-0.2, 0) is 4.74 Å². The van der Waals surface area contributed by atoms with E-state index in [1.165, 1.54) is 0 Å². The fraction of sp³-hybridized carbons (Fsp3) is 0.357. The molecule has 1 aromatic carbocycles. The van der Waals surface area contributed by atoms with Crippen LogP contribution in [0.1, 0.15) is 24.5 Å². The summed E-state index contributed by atoms with van der Waals surface area (Å²) < 4.78 is 10.8. The molecule has 0 amide bonds. The SMILES string of the molecule is Nc1noc(C2CCOCC2)c1-c1ccc(Cl)c(Cl)c1. The van der Waals surface area contributed by atoms with Crippen molar-refractivity contribution in [2.45, 2.75) is 18.8 Å². The molecular formula is C14H14Cl2N2O2. The number of hydrogen-bond donors (Lipinski definition) is 1. The molecule has 106 valence electrons. The van der Waals surface area contributed by atoms with Crippen LogP contribution in [0.4, 0.5) is 5.82 Å². The lowest BCUT2D eigenvalue weighted by molar-refractivity contribution is 0.0792. The van der Waals surface area contributed by atoms with Crippen LogP contribution in [0.3, 0.4) is 0 Å². The molecule has 1 aromatic heterocycles. The Morgan fingerprint density at radius 1 is 1.15 bits per heavy atom. The lowest BCUT2D eigenvalue weighted by Gasteiger charge is -2.20. The number of nitrogens with zero attached hydrogens (tertiary/aromatic N) is 1. The molecular weight excluding hydrogens is 299 g/mol. The minimum atomic E-state index is 0.276. The Bertz CT molecular complexity index is 622. The van der Waals surface area contributed by atoms with Gasteiger partial charge in [0.2, 0.25) is 0 Å². The number of benzene rings is 1. The molecule has 1 aliphatic heterocycles. The summed E-state index contributed by atoms with van der Waals surface area (Å²) >= 11 is 12.0. The highest BCUT2D eigenvalue weighted by Gasteiger charge is 2.26. The van der Waals surface area contributed by atoms with E-state index in [-0.39, 0.29) is 5.92 Å². The first-order valence-corrected chi connectivity index (χ1v) is 7.20. The van der Waals surface area contributed by atoms with Crippen molar-refractivity contribution >= 4 is 29.0 Å². The van der Waals surface area contributed by atoms with Crippen molar-refractivity contribution < 1.29 is 9.26 Å². The van der Waals surface area contributed by atoms with Crippen LogP contribution in [0.25, 0.3) is 11.1 Å². The summed E-state index contributed by atoms with van der Waals surface area (Å²) in [6.07, 6.45) is 1.81. The first kappa shape index (κ1) is 13.7. The van der Waals surface area contributed by atoms with E-state index in [0.717, 1.165) is 42.9 Å². The average Bonchev–Trinajstić information content (AvgIpc) is 2.85. The molecule has 0 spiro atoms. The molecule has 0 radical (unpaired) electrons. The molecule has 0 atom stereocenters. The normalized spacial score (nSPS) is 16.5. The van der Waals surface area contributed by atoms with Crippen LogP contribution < -0.4 is 5.73 Å². The van der Waals surface area contributed by atoms with Crippen LogP contribution in [-0.4, -0.2) is 18.4 Å². The second kappa shape index (κ2) is 5.64. The van der Waals surface area contributed by atoms with Crippen molar-refractivity contribution in [1.82, 2.24) is 5.16 Å². The predicted octanol–water partition coefficient (Wildman–Crippen LogP) is 4.12. The van der Waals surface area contributed by atoms with Gasteiger partial charge in [-0.3, -0.25) is 0 Å². The zero-order valence-corrected chi connectivity index (χ0v) is 12.2. The average molecular weight is 313 g/mol. The summed E-state index contributed by atoms with van der Waals surface area (Å²) in [5.41, 5.74) is 7.65. The fourth-order valence-corrected chi connectivity index (χ4v) is 2.79.